The van der Waals surface area contributed by atoms with Crippen LogP contribution in [0, 0.1) is 11.2 Å². The summed E-state index contributed by atoms with van der Waals surface area (Å²) in [6, 6.07) is 4.57. The van der Waals surface area contributed by atoms with E-state index in [1.807, 2.05) is 0 Å². The highest BCUT2D eigenvalue weighted by Gasteiger charge is 2.62. The van der Waals surface area contributed by atoms with E-state index in [2.05, 4.69) is 0 Å². The lowest BCUT2D eigenvalue weighted by Crippen LogP contribution is -2.54. The lowest BCUT2D eigenvalue weighted by atomic mass is 9.61. The number of fused-ring (bicyclic) bond motifs is 2. The average Bonchev–Trinajstić information content (AvgIpc) is 3.07. The van der Waals surface area contributed by atoms with E-state index in [9.17, 15) is 9.50 Å². The molecular formula is C16H22FNO3. The molecule has 3 N–H and O–H groups in total. The Morgan fingerprint density at radius 1 is 1.52 bits per heavy atom. The number of halogens is 1. The van der Waals surface area contributed by atoms with Gasteiger partial charge >= 0.3 is 0 Å². The van der Waals surface area contributed by atoms with Crippen LogP contribution in [-0.2, 0) is 10.3 Å². The molecule has 3 rings (SSSR count). The predicted octanol–water partition coefficient (Wildman–Crippen LogP) is 1.94. The molecule has 2 aliphatic rings. The van der Waals surface area contributed by atoms with Gasteiger partial charge in [0, 0.05) is 12.0 Å². The number of methoxy groups -OCH3 is 1. The first-order chi connectivity index (χ1) is 9.96. The number of benzene rings is 1. The van der Waals surface area contributed by atoms with Gasteiger partial charge in [-0.05, 0) is 38.3 Å². The number of hydrogen-bond acceptors (Lipinski definition) is 4. The van der Waals surface area contributed by atoms with Crippen LogP contribution >= 0.6 is 0 Å². The second-order valence-electron chi connectivity index (χ2n) is 6.28. The molecule has 0 aliphatic carbocycles. The maximum absolute atomic E-state index is 14.4. The van der Waals surface area contributed by atoms with Crippen molar-refractivity contribution in [2.45, 2.75) is 44.0 Å². The van der Waals surface area contributed by atoms with Gasteiger partial charge < -0.3 is 20.3 Å². The van der Waals surface area contributed by atoms with Crippen LogP contribution in [0.2, 0.25) is 0 Å². The number of aliphatic hydroxyl groups is 1. The lowest BCUT2D eigenvalue weighted by Gasteiger charge is -2.46. The molecule has 0 spiro atoms. The van der Waals surface area contributed by atoms with E-state index in [4.69, 9.17) is 15.2 Å². The lowest BCUT2D eigenvalue weighted by molar-refractivity contribution is -0.108. The third-order valence-corrected chi connectivity index (χ3v) is 5.33. The van der Waals surface area contributed by atoms with Crippen LogP contribution in [0.5, 0.6) is 5.75 Å². The van der Waals surface area contributed by atoms with Gasteiger partial charge in [0.1, 0.15) is 17.2 Å². The van der Waals surface area contributed by atoms with Crippen molar-refractivity contribution >= 4 is 0 Å². The average molecular weight is 295 g/mol. The van der Waals surface area contributed by atoms with E-state index in [0.717, 1.165) is 12.8 Å². The molecule has 4 unspecified atom stereocenters. The smallest absolute Gasteiger partial charge is 0.133 e. The fourth-order valence-electron chi connectivity index (χ4n) is 4.12. The first kappa shape index (κ1) is 14.8. The van der Waals surface area contributed by atoms with Crippen LogP contribution in [0.3, 0.4) is 0 Å². The minimum Gasteiger partial charge on any atom is -0.496 e. The van der Waals surface area contributed by atoms with E-state index < -0.39 is 16.8 Å². The highest BCUT2D eigenvalue weighted by Crippen LogP contribution is 2.57. The maximum atomic E-state index is 14.4. The van der Waals surface area contributed by atoms with Crippen LogP contribution in [-0.4, -0.2) is 31.0 Å². The van der Waals surface area contributed by atoms with Gasteiger partial charge in [-0.25, -0.2) is 4.39 Å². The topological polar surface area (TPSA) is 64.7 Å². The van der Waals surface area contributed by atoms with Gasteiger partial charge in [-0.1, -0.05) is 6.07 Å². The molecule has 4 atom stereocenters. The summed E-state index contributed by atoms with van der Waals surface area (Å²) in [5.41, 5.74) is 4.07. The zero-order chi connectivity index (χ0) is 15.3. The third-order valence-electron chi connectivity index (χ3n) is 5.33. The maximum Gasteiger partial charge on any atom is 0.133 e. The minimum atomic E-state index is -1.45. The zero-order valence-electron chi connectivity index (χ0n) is 12.4. The van der Waals surface area contributed by atoms with Gasteiger partial charge in [-0.15, -0.1) is 0 Å². The Labute approximate surface area is 124 Å². The van der Waals surface area contributed by atoms with Crippen molar-refractivity contribution in [2.75, 3.05) is 13.7 Å². The van der Waals surface area contributed by atoms with E-state index in [-0.39, 0.29) is 24.3 Å². The summed E-state index contributed by atoms with van der Waals surface area (Å²) < 4.78 is 25.6. The Balaban J connectivity index is 2.12. The zero-order valence-corrected chi connectivity index (χ0v) is 12.4. The summed E-state index contributed by atoms with van der Waals surface area (Å²) >= 11 is 0. The summed E-state index contributed by atoms with van der Waals surface area (Å²) in [6.45, 7) is 1.88. The minimum absolute atomic E-state index is 0.114. The highest BCUT2D eigenvalue weighted by atomic mass is 19.1. The predicted molar refractivity (Wildman–Crippen MR) is 76.5 cm³/mol. The molecule has 0 amide bonds. The molecule has 5 heteroatoms. The Bertz CT molecular complexity index is 548. The molecule has 4 nitrogen and oxygen atoms in total. The van der Waals surface area contributed by atoms with E-state index in [1.165, 1.54) is 13.2 Å². The molecule has 0 radical (unpaired) electrons. The van der Waals surface area contributed by atoms with Crippen molar-refractivity contribution in [3.8, 4) is 5.75 Å². The van der Waals surface area contributed by atoms with Crippen LogP contribution in [0.25, 0.3) is 0 Å². The van der Waals surface area contributed by atoms with Gasteiger partial charge in [0.25, 0.3) is 0 Å². The van der Waals surface area contributed by atoms with Crippen molar-refractivity contribution < 1.29 is 19.0 Å². The quantitative estimate of drug-likeness (QED) is 0.891. The monoisotopic (exact) mass is 295 g/mol. The molecule has 2 saturated heterocycles. The van der Waals surface area contributed by atoms with E-state index in [1.54, 1.807) is 19.1 Å². The summed E-state index contributed by atoms with van der Waals surface area (Å²) in [5.74, 6) is -0.134. The summed E-state index contributed by atoms with van der Waals surface area (Å²) in [7, 11) is 1.47. The number of ether oxygens (including phenoxy) is 2. The molecule has 0 saturated carbocycles. The number of rotatable bonds is 4. The van der Waals surface area contributed by atoms with Crippen LogP contribution in [0.15, 0.2) is 18.2 Å². The Hall–Kier alpha value is -1.17. The third kappa shape index (κ3) is 1.91. The molecule has 0 aromatic heterocycles. The standard InChI is InChI=1S/C16H22FNO3/c1-15(19,14-11(17)4-3-5-12(14)20-2)16(9-18)8-10-6-7-13(16)21-10/h3-5,10,13,19H,6-9,18H2,1-2H3. The molecule has 21 heavy (non-hydrogen) atoms. The number of hydrogen-bond donors (Lipinski definition) is 2. The van der Waals surface area contributed by atoms with Gasteiger partial charge in [-0.3, -0.25) is 0 Å². The molecule has 1 aromatic carbocycles. The first-order valence-electron chi connectivity index (χ1n) is 7.37. The summed E-state index contributed by atoms with van der Waals surface area (Å²) in [6.07, 6.45) is 2.47. The van der Waals surface area contributed by atoms with Crippen LogP contribution in [0.4, 0.5) is 4.39 Å². The fraction of sp³-hybridized carbons (Fsp3) is 0.625. The van der Waals surface area contributed by atoms with Gasteiger partial charge in [0.2, 0.25) is 0 Å². The molecule has 2 fully saturated rings. The first-order valence-corrected chi connectivity index (χ1v) is 7.37. The largest absolute Gasteiger partial charge is 0.496 e. The Morgan fingerprint density at radius 3 is 2.81 bits per heavy atom. The van der Waals surface area contributed by atoms with E-state index >= 15 is 0 Å². The molecule has 116 valence electrons. The normalized spacial score (nSPS) is 34.0. The summed E-state index contributed by atoms with van der Waals surface area (Å²) in [5, 5.41) is 11.3. The van der Waals surface area contributed by atoms with E-state index in [0.29, 0.717) is 12.2 Å². The second kappa shape index (κ2) is 4.93. The molecule has 1 aromatic rings. The Morgan fingerprint density at radius 2 is 2.29 bits per heavy atom. The van der Waals surface area contributed by atoms with Crippen LogP contribution in [0.1, 0.15) is 31.7 Å². The Kier molecular flexibility index (Phi) is 3.47. The van der Waals surface area contributed by atoms with Crippen molar-refractivity contribution in [2.24, 2.45) is 11.1 Å². The van der Waals surface area contributed by atoms with Crippen LogP contribution < -0.4 is 10.5 Å². The van der Waals surface area contributed by atoms with Crippen molar-refractivity contribution in [3.05, 3.63) is 29.6 Å². The second-order valence-corrected chi connectivity index (χ2v) is 6.28. The van der Waals surface area contributed by atoms with Crippen molar-refractivity contribution in [1.29, 1.82) is 0 Å². The van der Waals surface area contributed by atoms with Gasteiger partial charge in [0.15, 0.2) is 0 Å². The van der Waals surface area contributed by atoms with Crippen molar-refractivity contribution in [3.63, 3.8) is 0 Å². The SMILES string of the molecule is COc1cccc(F)c1C(C)(O)C1(CN)CC2CCC1O2. The molecular weight excluding hydrogens is 273 g/mol. The number of nitrogens with two attached hydrogens (primary N) is 1. The van der Waals surface area contributed by atoms with Crippen molar-refractivity contribution in [1.82, 2.24) is 0 Å². The summed E-state index contributed by atoms with van der Waals surface area (Å²) in [4.78, 5) is 0. The molecule has 2 bridgehead atoms. The fourth-order valence-corrected chi connectivity index (χ4v) is 4.12. The molecule has 2 heterocycles. The highest BCUT2D eigenvalue weighted by molar-refractivity contribution is 5.41. The molecule has 2 aliphatic heterocycles. The van der Waals surface area contributed by atoms with Gasteiger partial charge in [0.05, 0.1) is 24.9 Å². The van der Waals surface area contributed by atoms with Gasteiger partial charge in [-0.2, -0.15) is 0 Å².